The molecular weight excluding hydrogens is 423 g/mol. The Hall–Kier alpha value is -1.67. The molecule has 0 saturated carbocycles. The quantitative estimate of drug-likeness (QED) is 0.541. The number of hydrogen-bond acceptors (Lipinski definition) is 3. The van der Waals surface area contributed by atoms with Crippen LogP contribution in [0.3, 0.4) is 0 Å². The SMILES string of the molecule is CCCOc1cccc(NC(=S)NC(=O)c2ccccc2I)c1. The van der Waals surface area contributed by atoms with Gasteiger partial charge in [0.1, 0.15) is 5.75 Å². The molecule has 0 bridgehead atoms. The van der Waals surface area contributed by atoms with Gasteiger partial charge in [0, 0.05) is 15.3 Å². The van der Waals surface area contributed by atoms with Gasteiger partial charge in [0.15, 0.2) is 5.11 Å². The lowest BCUT2D eigenvalue weighted by molar-refractivity contribution is 0.0977. The average molecular weight is 440 g/mol. The van der Waals surface area contributed by atoms with E-state index >= 15 is 0 Å². The Morgan fingerprint density at radius 3 is 2.74 bits per heavy atom. The van der Waals surface area contributed by atoms with E-state index in [1.807, 2.05) is 42.5 Å². The summed E-state index contributed by atoms with van der Waals surface area (Å²) >= 11 is 7.32. The van der Waals surface area contributed by atoms with Gasteiger partial charge in [0.05, 0.1) is 12.2 Å². The monoisotopic (exact) mass is 440 g/mol. The van der Waals surface area contributed by atoms with Crippen LogP contribution in [0.2, 0.25) is 0 Å². The van der Waals surface area contributed by atoms with E-state index in [2.05, 4.69) is 40.1 Å². The minimum atomic E-state index is -0.231. The molecule has 0 aliphatic carbocycles. The van der Waals surface area contributed by atoms with Crippen molar-refractivity contribution in [3.8, 4) is 5.75 Å². The van der Waals surface area contributed by atoms with Crippen molar-refractivity contribution in [3.05, 3.63) is 57.7 Å². The van der Waals surface area contributed by atoms with Gasteiger partial charge in [-0.1, -0.05) is 25.1 Å². The van der Waals surface area contributed by atoms with E-state index in [0.717, 1.165) is 21.4 Å². The summed E-state index contributed by atoms with van der Waals surface area (Å²) in [7, 11) is 0. The highest BCUT2D eigenvalue weighted by Gasteiger charge is 2.11. The largest absolute Gasteiger partial charge is 0.494 e. The predicted octanol–water partition coefficient (Wildman–Crippen LogP) is 4.21. The molecule has 2 rings (SSSR count). The summed E-state index contributed by atoms with van der Waals surface area (Å²) in [6.45, 7) is 2.72. The highest BCUT2D eigenvalue weighted by molar-refractivity contribution is 14.1. The Morgan fingerprint density at radius 2 is 2.00 bits per heavy atom. The number of rotatable bonds is 5. The second kappa shape index (κ2) is 8.83. The summed E-state index contributed by atoms with van der Waals surface area (Å²) in [5.41, 5.74) is 1.36. The van der Waals surface area contributed by atoms with Crippen molar-refractivity contribution in [2.24, 2.45) is 0 Å². The number of carbonyl (C=O) groups excluding carboxylic acids is 1. The van der Waals surface area contributed by atoms with Crippen LogP contribution in [0, 0.1) is 3.57 Å². The van der Waals surface area contributed by atoms with E-state index in [-0.39, 0.29) is 11.0 Å². The summed E-state index contributed by atoms with van der Waals surface area (Å²) < 4.78 is 6.45. The first-order chi connectivity index (χ1) is 11.1. The molecule has 0 heterocycles. The first-order valence-corrected chi connectivity index (χ1v) is 8.68. The van der Waals surface area contributed by atoms with Gasteiger partial charge in [-0.15, -0.1) is 0 Å². The molecule has 6 heteroatoms. The second-order valence-corrected chi connectivity index (χ2v) is 6.33. The minimum Gasteiger partial charge on any atom is -0.494 e. The van der Waals surface area contributed by atoms with Crippen LogP contribution in [0.1, 0.15) is 23.7 Å². The van der Waals surface area contributed by atoms with E-state index in [9.17, 15) is 4.79 Å². The zero-order valence-corrected chi connectivity index (χ0v) is 15.6. The Balaban J connectivity index is 1.97. The van der Waals surface area contributed by atoms with Crippen molar-refractivity contribution in [1.29, 1.82) is 0 Å². The van der Waals surface area contributed by atoms with Gasteiger partial charge in [0.25, 0.3) is 5.91 Å². The smallest absolute Gasteiger partial charge is 0.258 e. The number of anilines is 1. The molecule has 0 aliphatic rings. The van der Waals surface area contributed by atoms with E-state index in [1.54, 1.807) is 6.07 Å². The molecule has 0 spiro atoms. The van der Waals surface area contributed by atoms with Crippen LogP contribution in [0.25, 0.3) is 0 Å². The van der Waals surface area contributed by atoms with Gasteiger partial charge in [-0.05, 0) is 65.5 Å². The van der Waals surface area contributed by atoms with E-state index in [4.69, 9.17) is 17.0 Å². The van der Waals surface area contributed by atoms with Gasteiger partial charge >= 0.3 is 0 Å². The van der Waals surface area contributed by atoms with Crippen LogP contribution in [0.4, 0.5) is 5.69 Å². The number of nitrogens with one attached hydrogen (secondary N) is 2. The molecule has 0 fully saturated rings. The van der Waals surface area contributed by atoms with E-state index in [0.29, 0.717) is 12.2 Å². The predicted molar refractivity (Wildman–Crippen MR) is 105 cm³/mol. The van der Waals surface area contributed by atoms with Crippen molar-refractivity contribution in [3.63, 3.8) is 0 Å². The molecule has 120 valence electrons. The van der Waals surface area contributed by atoms with Crippen LogP contribution in [0.5, 0.6) is 5.75 Å². The molecule has 0 unspecified atom stereocenters. The van der Waals surface area contributed by atoms with E-state index in [1.165, 1.54) is 0 Å². The number of hydrogen-bond donors (Lipinski definition) is 2. The molecule has 0 aliphatic heterocycles. The van der Waals surface area contributed by atoms with Gasteiger partial charge < -0.3 is 10.1 Å². The molecule has 0 atom stereocenters. The molecule has 0 saturated heterocycles. The van der Waals surface area contributed by atoms with Gasteiger partial charge in [-0.25, -0.2) is 0 Å². The van der Waals surface area contributed by atoms with Gasteiger partial charge in [0.2, 0.25) is 0 Å². The molecule has 1 amide bonds. The number of benzene rings is 2. The molecule has 0 aromatic heterocycles. The van der Waals surface area contributed by atoms with Crippen molar-refractivity contribution >= 4 is 51.5 Å². The fourth-order valence-corrected chi connectivity index (χ4v) is 2.70. The highest BCUT2D eigenvalue weighted by Crippen LogP contribution is 2.17. The van der Waals surface area contributed by atoms with Crippen molar-refractivity contribution in [2.75, 3.05) is 11.9 Å². The Kier molecular flexibility index (Phi) is 6.79. The zero-order valence-electron chi connectivity index (χ0n) is 12.6. The van der Waals surface area contributed by atoms with Crippen LogP contribution in [0.15, 0.2) is 48.5 Å². The third-order valence-electron chi connectivity index (χ3n) is 2.91. The fourth-order valence-electron chi connectivity index (χ4n) is 1.86. The van der Waals surface area contributed by atoms with Crippen LogP contribution < -0.4 is 15.4 Å². The lowest BCUT2D eigenvalue weighted by Gasteiger charge is -2.11. The maximum atomic E-state index is 12.2. The summed E-state index contributed by atoms with van der Waals surface area (Å²) in [6.07, 6.45) is 0.946. The maximum absolute atomic E-state index is 12.2. The van der Waals surface area contributed by atoms with Crippen molar-refractivity contribution in [1.82, 2.24) is 5.32 Å². The van der Waals surface area contributed by atoms with Gasteiger partial charge in [-0.3, -0.25) is 10.1 Å². The Labute approximate surface area is 154 Å². The molecule has 2 aromatic carbocycles. The molecular formula is C17H17IN2O2S. The summed E-state index contributed by atoms with van der Waals surface area (Å²) in [4.78, 5) is 12.2. The minimum absolute atomic E-state index is 0.231. The molecule has 23 heavy (non-hydrogen) atoms. The van der Waals surface area contributed by atoms with E-state index < -0.39 is 0 Å². The Morgan fingerprint density at radius 1 is 1.22 bits per heavy atom. The summed E-state index contributed by atoms with van der Waals surface area (Å²) in [5, 5.41) is 5.93. The average Bonchev–Trinajstić information content (AvgIpc) is 2.53. The standard InChI is InChI=1S/C17H17IN2O2S/c1-2-10-22-13-7-5-6-12(11-13)19-17(23)20-16(21)14-8-3-4-9-15(14)18/h3-9,11H,2,10H2,1H3,(H2,19,20,21,23). The topological polar surface area (TPSA) is 50.4 Å². The van der Waals surface area contributed by atoms with Crippen LogP contribution in [-0.2, 0) is 0 Å². The maximum Gasteiger partial charge on any atom is 0.258 e. The number of thiocarbonyl (C=S) groups is 1. The van der Waals surface area contributed by atoms with Crippen LogP contribution >= 0.6 is 34.8 Å². The fraction of sp³-hybridized carbons (Fsp3) is 0.176. The van der Waals surface area contributed by atoms with Gasteiger partial charge in [-0.2, -0.15) is 0 Å². The molecule has 4 nitrogen and oxygen atoms in total. The number of amides is 1. The molecule has 2 N–H and O–H groups in total. The highest BCUT2D eigenvalue weighted by atomic mass is 127. The first kappa shape index (κ1) is 17.7. The summed E-state index contributed by atoms with van der Waals surface area (Å²) in [5.74, 6) is 0.537. The third-order valence-corrected chi connectivity index (χ3v) is 4.06. The first-order valence-electron chi connectivity index (χ1n) is 7.20. The lowest BCUT2D eigenvalue weighted by atomic mass is 10.2. The third kappa shape index (κ3) is 5.47. The number of carbonyl (C=O) groups is 1. The second-order valence-electron chi connectivity index (χ2n) is 4.76. The molecule has 0 radical (unpaired) electrons. The van der Waals surface area contributed by atoms with Crippen LogP contribution in [-0.4, -0.2) is 17.6 Å². The normalized spacial score (nSPS) is 10.0. The Bertz CT molecular complexity index is 706. The number of halogens is 1. The zero-order chi connectivity index (χ0) is 16.7. The molecule has 2 aromatic rings. The number of ether oxygens (including phenoxy) is 1. The summed E-state index contributed by atoms with van der Waals surface area (Å²) in [6, 6.07) is 14.8. The lowest BCUT2D eigenvalue weighted by Crippen LogP contribution is -2.34. The van der Waals surface area contributed by atoms with Crippen molar-refractivity contribution < 1.29 is 9.53 Å². The van der Waals surface area contributed by atoms with Crippen molar-refractivity contribution in [2.45, 2.75) is 13.3 Å².